The molecule has 2 heterocycles. The van der Waals surface area contributed by atoms with Crippen LogP contribution >= 0.6 is 34.2 Å². The van der Waals surface area contributed by atoms with Crippen molar-refractivity contribution in [2.24, 2.45) is 0 Å². The highest BCUT2D eigenvalue weighted by Gasteiger charge is 2.19. The molecule has 1 atom stereocenters. The molecule has 8 heteroatoms. The van der Waals surface area contributed by atoms with Crippen molar-refractivity contribution in [3.8, 4) is 5.75 Å². The second-order valence-corrected chi connectivity index (χ2v) is 6.45. The normalized spacial score (nSPS) is 17.5. The van der Waals surface area contributed by atoms with E-state index in [4.69, 9.17) is 26.8 Å². The number of benzene rings is 1. The third kappa shape index (κ3) is 3.71. The number of nitrogens with one attached hydrogen (secondary N) is 1. The maximum Gasteiger partial charge on any atom is 0.222 e. The summed E-state index contributed by atoms with van der Waals surface area (Å²) in [6.45, 7) is 1.33. The van der Waals surface area contributed by atoms with Crippen LogP contribution in [-0.4, -0.2) is 29.3 Å². The molecule has 0 saturated carbocycles. The fourth-order valence-corrected chi connectivity index (χ4v) is 2.71. The summed E-state index contributed by atoms with van der Waals surface area (Å²) < 4.78 is 12.4. The van der Waals surface area contributed by atoms with Crippen LogP contribution in [0.25, 0.3) is 0 Å². The number of nitrogen functional groups attached to an aromatic ring is 1. The first-order chi connectivity index (χ1) is 10.6. The van der Waals surface area contributed by atoms with Crippen molar-refractivity contribution in [3.05, 3.63) is 33.0 Å². The van der Waals surface area contributed by atoms with Crippen LogP contribution in [0.3, 0.4) is 0 Å². The molecule has 0 amide bonds. The smallest absolute Gasteiger partial charge is 0.222 e. The van der Waals surface area contributed by atoms with Crippen LogP contribution in [0.5, 0.6) is 5.75 Å². The minimum Gasteiger partial charge on any atom is -0.486 e. The lowest BCUT2D eigenvalue weighted by Gasteiger charge is -2.17. The van der Waals surface area contributed by atoms with E-state index in [1.807, 2.05) is 18.2 Å². The Balaban J connectivity index is 1.87. The molecule has 1 saturated heterocycles. The molecular weight excluding hydrogens is 419 g/mol. The molecule has 0 radical (unpaired) electrons. The van der Waals surface area contributed by atoms with Gasteiger partial charge in [0, 0.05) is 9.99 Å². The Morgan fingerprint density at radius 1 is 1.45 bits per heavy atom. The molecule has 3 rings (SSSR count). The molecule has 6 nitrogen and oxygen atoms in total. The molecule has 116 valence electrons. The first-order valence-corrected chi connectivity index (χ1v) is 8.16. The van der Waals surface area contributed by atoms with Crippen LogP contribution < -0.4 is 15.8 Å². The summed E-state index contributed by atoms with van der Waals surface area (Å²) in [5, 5.41) is 3.55. The van der Waals surface area contributed by atoms with Crippen molar-refractivity contribution in [3.63, 3.8) is 0 Å². The Hall–Kier alpha value is -1.32. The number of halogens is 2. The summed E-state index contributed by atoms with van der Waals surface area (Å²) >= 11 is 8.34. The van der Waals surface area contributed by atoms with Gasteiger partial charge in [-0.25, -0.2) is 4.98 Å². The highest BCUT2D eigenvalue weighted by atomic mass is 127. The number of rotatable bonds is 4. The second kappa shape index (κ2) is 6.84. The predicted octanol–water partition coefficient (Wildman–Crippen LogP) is 3.23. The van der Waals surface area contributed by atoms with Gasteiger partial charge in [-0.1, -0.05) is 11.6 Å². The number of nitrogens with zero attached hydrogens (tertiary/aromatic N) is 2. The van der Waals surface area contributed by atoms with Gasteiger partial charge in [-0.05, 0) is 40.8 Å². The van der Waals surface area contributed by atoms with Crippen molar-refractivity contribution in [2.75, 3.05) is 24.3 Å². The van der Waals surface area contributed by atoms with Crippen molar-refractivity contribution in [1.29, 1.82) is 0 Å². The highest BCUT2D eigenvalue weighted by molar-refractivity contribution is 14.1. The van der Waals surface area contributed by atoms with Gasteiger partial charge in [0.2, 0.25) is 5.95 Å². The summed E-state index contributed by atoms with van der Waals surface area (Å²) in [4.78, 5) is 7.96. The van der Waals surface area contributed by atoms with Gasteiger partial charge < -0.3 is 20.5 Å². The average Bonchev–Trinajstić information content (AvgIpc) is 2.99. The molecule has 22 heavy (non-hydrogen) atoms. The third-order valence-electron chi connectivity index (χ3n) is 3.14. The zero-order valence-corrected chi connectivity index (χ0v) is 14.5. The summed E-state index contributed by atoms with van der Waals surface area (Å²) in [5.41, 5.74) is 6.39. The fourth-order valence-electron chi connectivity index (χ4n) is 2.08. The Kier molecular flexibility index (Phi) is 4.84. The van der Waals surface area contributed by atoms with Gasteiger partial charge in [-0.2, -0.15) is 4.98 Å². The molecule has 0 bridgehead atoms. The summed E-state index contributed by atoms with van der Waals surface area (Å²) in [6.07, 6.45) is 2.41. The summed E-state index contributed by atoms with van der Waals surface area (Å²) in [6, 6.07) is 5.86. The minimum absolute atomic E-state index is 0.0616. The lowest BCUT2D eigenvalue weighted by atomic mass is 10.2. The molecule has 1 aliphatic heterocycles. The molecule has 1 aromatic heterocycles. The molecule has 0 spiro atoms. The number of hydrogen-bond acceptors (Lipinski definition) is 6. The van der Waals surface area contributed by atoms with E-state index in [1.165, 1.54) is 6.20 Å². The van der Waals surface area contributed by atoms with Crippen molar-refractivity contribution >= 4 is 51.6 Å². The maximum atomic E-state index is 6.10. The van der Waals surface area contributed by atoms with Gasteiger partial charge >= 0.3 is 0 Å². The van der Waals surface area contributed by atoms with Crippen molar-refractivity contribution in [2.45, 2.75) is 12.5 Å². The van der Waals surface area contributed by atoms with E-state index in [1.54, 1.807) is 0 Å². The number of hydrogen-bond donors (Lipinski definition) is 2. The van der Waals surface area contributed by atoms with E-state index in [2.05, 4.69) is 37.9 Å². The fraction of sp³-hybridized carbons (Fsp3) is 0.286. The number of nitrogens with two attached hydrogens (primary N) is 1. The van der Waals surface area contributed by atoms with Crippen molar-refractivity contribution < 1.29 is 9.47 Å². The Bertz CT molecular complexity index is 680. The molecule has 1 aromatic carbocycles. The maximum absolute atomic E-state index is 6.10. The Morgan fingerprint density at radius 2 is 2.32 bits per heavy atom. The summed E-state index contributed by atoms with van der Waals surface area (Å²) in [5.74, 6) is 1.33. The van der Waals surface area contributed by atoms with Crippen LogP contribution in [0, 0.1) is 3.57 Å². The monoisotopic (exact) mass is 432 g/mol. The second-order valence-electron chi connectivity index (χ2n) is 4.79. The van der Waals surface area contributed by atoms with Crippen LogP contribution in [0.4, 0.5) is 17.5 Å². The van der Waals surface area contributed by atoms with Gasteiger partial charge in [0.05, 0.1) is 25.1 Å². The Morgan fingerprint density at radius 3 is 3.09 bits per heavy atom. The average molecular weight is 433 g/mol. The minimum atomic E-state index is 0.0616. The molecule has 0 aliphatic carbocycles. The van der Waals surface area contributed by atoms with Gasteiger partial charge in [-0.15, -0.1) is 0 Å². The van der Waals surface area contributed by atoms with Gasteiger partial charge in [0.15, 0.2) is 5.82 Å². The van der Waals surface area contributed by atoms with Crippen LogP contribution in [0.1, 0.15) is 6.42 Å². The predicted molar refractivity (Wildman–Crippen MR) is 93.7 cm³/mol. The van der Waals surface area contributed by atoms with E-state index in [0.717, 1.165) is 28.0 Å². The molecule has 1 unspecified atom stereocenters. The molecular formula is C14H14ClIN4O2. The quantitative estimate of drug-likeness (QED) is 0.722. The molecule has 3 N–H and O–H groups in total. The lowest BCUT2D eigenvalue weighted by Crippen LogP contribution is -2.16. The summed E-state index contributed by atoms with van der Waals surface area (Å²) in [7, 11) is 0. The number of ether oxygens (including phenoxy) is 2. The topological polar surface area (TPSA) is 82.3 Å². The Labute approximate surface area is 146 Å². The van der Waals surface area contributed by atoms with Gasteiger partial charge in [0.25, 0.3) is 0 Å². The standard InChI is InChI=1S/C14H14ClIN4O2/c15-10-6-18-14(17)20-13(10)19-11-5-8(16)1-2-12(11)22-9-3-4-21-7-9/h1-2,5-6,9H,3-4,7H2,(H3,17,18,19,20). The van der Waals surface area contributed by atoms with Crippen LogP contribution in [0.15, 0.2) is 24.4 Å². The number of anilines is 3. The zero-order chi connectivity index (χ0) is 15.5. The van der Waals surface area contributed by atoms with E-state index in [0.29, 0.717) is 17.4 Å². The molecule has 1 fully saturated rings. The molecule has 2 aromatic rings. The largest absolute Gasteiger partial charge is 0.486 e. The van der Waals surface area contributed by atoms with E-state index in [9.17, 15) is 0 Å². The number of aromatic nitrogens is 2. The first-order valence-electron chi connectivity index (χ1n) is 6.71. The molecule has 1 aliphatic rings. The van der Waals surface area contributed by atoms with Crippen molar-refractivity contribution in [1.82, 2.24) is 9.97 Å². The van der Waals surface area contributed by atoms with Gasteiger partial charge in [0.1, 0.15) is 16.9 Å². The first kappa shape index (κ1) is 15.6. The zero-order valence-electron chi connectivity index (χ0n) is 11.6. The van der Waals surface area contributed by atoms with E-state index < -0.39 is 0 Å². The van der Waals surface area contributed by atoms with E-state index >= 15 is 0 Å². The highest BCUT2D eigenvalue weighted by Crippen LogP contribution is 2.32. The van der Waals surface area contributed by atoms with E-state index in [-0.39, 0.29) is 12.1 Å². The van der Waals surface area contributed by atoms with Gasteiger partial charge in [-0.3, -0.25) is 0 Å². The van der Waals surface area contributed by atoms with Crippen LogP contribution in [-0.2, 0) is 4.74 Å². The van der Waals surface area contributed by atoms with Crippen LogP contribution in [0.2, 0.25) is 5.02 Å². The third-order valence-corrected chi connectivity index (χ3v) is 4.09. The SMILES string of the molecule is Nc1ncc(Cl)c(Nc2cc(I)ccc2OC2CCOC2)n1. The lowest BCUT2D eigenvalue weighted by molar-refractivity contribution is 0.142.